The van der Waals surface area contributed by atoms with E-state index in [0.29, 0.717) is 46.0 Å². The second-order valence-corrected chi connectivity index (χ2v) is 7.72. The number of hydrogen-bond donors (Lipinski definition) is 2. The third kappa shape index (κ3) is 4.55. The molecule has 4 rings (SSSR count). The van der Waals surface area contributed by atoms with Crippen molar-refractivity contribution in [1.82, 2.24) is 29.9 Å². The van der Waals surface area contributed by atoms with Gasteiger partial charge in [0.25, 0.3) is 0 Å². The van der Waals surface area contributed by atoms with E-state index in [9.17, 15) is 9.90 Å². The van der Waals surface area contributed by atoms with Gasteiger partial charge in [0.1, 0.15) is 11.4 Å². The Hall–Kier alpha value is -4.38. The van der Waals surface area contributed by atoms with Crippen LogP contribution in [0.2, 0.25) is 0 Å². The molecule has 3 heterocycles. The Bertz CT molecular complexity index is 1400. The van der Waals surface area contributed by atoms with Gasteiger partial charge < -0.3 is 10.8 Å². The number of aromatic nitrogens is 5. The number of aryl methyl sites for hydroxylation is 2. The van der Waals surface area contributed by atoms with Gasteiger partial charge >= 0.3 is 0 Å². The Morgan fingerprint density at radius 2 is 1.91 bits per heavy atom. The third-order valence-corrected chi connectivity index (χ3v) is 5.16. The summed E-state index contributed by atoms with van der Waals surface area (Å²) < 4.78 is 5.96. The van der Waals surface area contributed by atoms with Crippen LogP contribution < -0.4 is 11.2 Å². The number of carbonyl (C=O) groups is 1. The molecule has 0 aliphatic heterocycles. The van der Waals surface area contributed by atoms with E-state index in [-0.39, 0.29) is 24.6 Å². The highest BCUT2D eigenvalue weighted by Gasteiger charge is 2.19. The van der Waals surface area contributed by atoms with E-state index < -0.39 is 0 Å². The first-order valence-corrected chi connectivity index (χ1v) is 10.5. The number of pyridine rings is 1. The molecular formula is C23H24N8O3. The molecule has 0 saturated heterocycles. The van der Waals surface area contributed by atoms with Crippen LogP contribution in [0.4, 0.5) is 5.95 Å². The van der Waals surface area contributed by atoms with Gasteiger partial charge in [0.15, 0.2) is 5.49 Å². The molecule has 11 nitrogen and oxygen atoms in total. The zero-order valence-corrected chi connectivity index (χ0v) is 19.0. The van der Waals surface area contributed by atoms with Crippen molar-refractivity contribution in [3.05, 3.63) is 70.7 Å². The Labute approximate surface area is 195 Å². The lowest BCUT2D eigenvalue weighted by molar-refractivity contribution is 0.276. The molecule has 4 aromatic rings. The summed E-state index contributed by atoms with van der Waals surface area (Å²) in [5.41, 5.74) is 11.5. The normalized spacial score (nSPS) is 11.6. The molecule has 0 unspecified atom stereocenters. The Morgan fingerprint density at radius 1 is 1.15 bits per heavy atom. The molecule has 0 amide bonds. The minimum atomic E-state index is -0.240. The largest absolute Gasteiger partial charge is 0.390 e. The molecule has 174 valence electrons. The van der Waals surface area contributed by atoms with Crippen LogP contribution in [-0.2, 0) is 17.9 Å². The van der Waals surface area contributed by atoms with Gasteiger partial charge in [-0.15, -0.1) is 0 Å². The maximum absolute atomic E-state index is 12.1. The van der Waals surface area contributed by atoms with E-state index in [1.54, 1.807) is 25.0 Å². The zero-order valence-electron chi connectivity index (χ0n) is 19.0. The number of nitrogen functional groups attached to an aromatic ring is 1. The number of rotatable bonds is 7. The van der Waals surface area contributed by atoms with Crippen LogP contribution in [-0.4, -0.2) is 48.4 Å². The van der Waals surface area contributed by atoms with Gasteiger partial charge in [-0.3, -0.25) is 14.8 Å². The maximum Gasteiger partial charge on any atom is 0.222 e. The molecule has 3 N–H and O–H groups in total. The second kappa shape index (κ2) is 9.63. The number of benzene rings is 1. The molecular weight excluding hydrogens is 436 g/mol. The molecule has 11 heteroatoms. The van der Waals surface area contributed by atoms with Crippen LogP contribution >= 0.6 is 0 Å². The monoisotopic (exact) mass is 460 g/mol. The molecule has 0 aliphatic rings. The van der Waals surface area contributed by atoms with Crippen molar-refractivity contribution in [3.63, 3.8) is 0 Å². The number of anilines is 1. The summed E-state index contributed by atoms with van der Waals surface area (Å²) in [6, 6.07) is 13.1. The summed E-state index contributed by atoms with van der Waals surface area (Å²) >= 11 is 0. The second-order valence-electron chi connectivity index (χ2n) is 7.72. The quantitative estimate of drug-likeness (QED) is 0.310. The first kappa shape index (κ1) is 22.8. The van der Waals surface area contributed by atoms with Crippen molar-refractivity contribution in [2.75, 3.05) is 12.8 Å². The van der Waals surface area contributed by atoms with Gasteiger partial charge in [0, 0.05) is 18.3 Å². The Balaban J connectivity index is 2.04. The highest BCUT2D eigenvalue weighted by molar-refractivity contribution is 5.82. The van der Waals surface area contributed by atoms with Gasteiger partial charge in [-0.1, -0.05) is 40.6 Å². The lowest BCUT2D eigenvalue weighted by Gasteiger charge is -2.17. The van der Waals surface area contributed by atoms with E-state index in [1.165, 1.54) is 4.57 Å². The zero-order chi connectivity index (χ0) is 24.2. The fraction of sp³-hybridized carbons (Fsp3) is 0.217. The van der Waals surface area contributed by atoms with Crippen LogP contribution in [0.5, 0.6) is 0 Å². The van der Waals surface area contributed by atoms with Crippen molar-refractivity contribution in [2.45, 2.75) is 27.0 Å². The lowest BCUT2D eigenvalue weighted by atomic mass is 9.99. The summed E-state index contributed by atoms with van der Waals surface area (Å²) in [6.45, 7) is 3.65. The molecule has 0 saturated carbocycles. The topological polar surface area (TPSA) is 149 Å². The van der Waals surface area contributed by atoms with E-state index in [0.717, 1.165) is 5.56 Å². The SMILES string of the molecule is Cc1cc(-c2c(-c3ccccc3)nc(N)n(C=O)/c2=N\N(C)Cc2nonc2C)cc(CO)n1. The summed E-state index contributed by atoms with van der Waals surface area (Å²) in [5, 5.41) is 23.8. The molecule has 34 heavy (non-hydrogen) atoms. The van der Waals surface area contributed by atoms with Gasteiger partial charge in [-0.2, -0.15) is 5.10 Å². The minimum absolute atomic E-state index is 0.0165. The fourth-order valence-corrected chi connectivity index (χ4v) is 3.60. The van der Waals surface area contributed by atoms with Crippen LogP contribution in [0, 0.1) is 13.8 Å². The molecule has 0 aliphatic carbocycles. The van der Waals surface area contributed by atoms with Crippen LogP contribution in [0.1, 0.15) is 22.8 Å². The number of aliphatic hydroxyl groups is 1. The molecule has 0 spiro atoms. The van der Waals surface area contributed by atoms with Gasteiger partial charge in [0.2, 0.25) is 12.4 Å². The average Bonchev–Trinajstić information content (AvgIpc) is 3.23. The Kier molecular flexibility index (Phi) is 6.46. The van der Waals surface area contributed by atoms with E-state index in [4.69, 9.17) is 15.5 Å². The molecule has 1 aromatic carbocycles. The van der Waals surface area contributed by atoms with E-state index in [1.807, 2.05) is 43.3 Å². The first-order valence-electron chi connectivity index (χ1n) is 10.5. The molecule has 0 atom stereocenters. The summed E-state index contributed by atoms with van der Waals surface area (Å²) in [7, 11) is 1.74. The van der Waals surface area contributed by atoms with Crippen molar-refractivity contribution < 1.29 is 14.5 Å². The predicted molar refractivity (Wildman–Crippen MR) is 124 cm³/mol. The average molecular weight is 460 g/mol. The predicted octanol–water partition coefficient (Wildman–Crippen LogP) is 1.67. The highest BCUT2D eigenvalue weighted by Crippen LogP contribution is 2.29. The number of hydrogen-bond acceptors (Lipinski definition) is 10. The van der Waals surface area contributed by atoms with Crippen molar-refractivity contribution in [1.29, 1.82) is 0 Å². The molecule has 0 fully saturated rings. The van der Waals surface area contributed by atoms with Crippen molar-refractivity contribution in [3.8, 4) is 22.4 Å². The first-order chi connectivity index (χ1) is 16.4. The standard InChI is InChI=1S/C23H24N8O3/c1-14-9-17(10-18(12-32)25-14)20-21(16-7-5-4-6-8-16)26-23(24)31(13-33)22(20)27-30(3)11-19-15(2)28-34-29-19/h4-10,13,32H,11-12H2,1-3H3,(H2,24,26)/b27-22-. The fourth-order valence-electron chi connectivity index (χ4n) is 3.60. The molecule has 0 radical (unpaired) electrons. The maximum atomic E-state index is 12.1. The van der Waals surface area contributed by atoms with Crippen LogP contribution in [0.3, 0.4) is 0 Å². The molecule has 0 bridgehead atoms. The Morgan fingerprint density at radius 3 is 2.56 bits per heavy atom. The minimum Gasteiger partial charge on any atom is -0.390 e. The van der Waals surface area contributed by atoms with Gasteiger partial charge in [-0.25, -0.2) is 14.2 Å². The van der Waals surface area contributed by atoms with Gasteiger partial charge in [-0.05, 0) is 31.5 Å². The van der Waals surface area contributed by atoms with Crippen LogP contribution in [0.25, 0.3) is 22.4 Å². The van der Waals surface area contributed by atoms with Crippen molar-refractivity contribution >= 4 is 12.4 Å². The van der Waals surface area contributed by atoms with E-state index in [2.05, 4.69) is 20.3 Å². The number of carbonyl (C=O) groups excluding carboxylic acids is 1. The summed E-state index contributed by atoms with van der Waals surface area (Å²) in [5.74, 6) is -0.0165. The number of aliphatic hydroxyl groups excluding tert-OH is 1. The number of nitrogens with two attached hydrogens (primary N) is 1. The summed E-state index contributed by atoms with van der Waals surface area (Å²) in [6.07, 6.45) is 0.567. The molecule has 3 aromatic heterocycles. The smallest absolute Gasteiger partial charge is 0.222 e. The van der Waals surface area contributed by atoms with Crippen LogP contribution in [0.15, 0.2) is 52.2 Å². The highest BCUT2D eigenvalue weighted by atomic mass is 16.6. The summed E-state index contributed by atoms with van der Waals surface area (Å²) in [4.78, 5) is 21.0. The number of nitrogens with zero attached hydrogens (tertiary/aromatic N) is 7. The lowest BCUT2D eigenvalue weighted by Crippen LogP contribution is -2.31. The van der Waals surface area contributed by atoms with E-state index >= 15 is 0 Å². The van der Waals surface area contributed by atoms with Gasteiger partial charge in [0.05, 0.1) is 30.1 Å². The van der Waals surface area contributed by atoms with Crippen molar-refractivity contribution in [2.24, 2.45) is 5.10 Å². The third-order valence-electron chi connectivity index (χ3n) is 5.16.